The molecule has 0 bridgehead atoms. The maximum absolute atomic E-state index is 11.0. The van der Waals surface area contributed by atoms with Gasteiger partial charge in [0.2, 0.25) is 11.8 Å². The van der Waals surface area contributed by atoms with E-state index in [0.717, 1.165) is 25.8 Å². The number of hydrogen-bond donors (Lipinski definition) is 1. The van der Waals surface area contributed by atoms with Gasteiger partial charge in [-0.05, 0) is 19.5 Å². The monoisotopic (exact) mass is 247 g/mol. The molecule has 0 aliphatic carbocycles. The first-order chi connectivity index (χ1) is 7.51. The number of nitrogens with zero attached hydrogens (tertiary/aromatic N) is 2. The molecule has 0 saturated heterocycles. The Morgan fingerprint density at radius 2 is 2.00 bits per heavy atom. The van der Waals surface area contributed by atoms with Crippen LogP contribution in [-0.2, 0) is 22.0 Å². The van der Waals surface area contributed by atoms with Crippen molar-refractivity contribution in [1.82, 2.24) is 15.5 Å². The highest BCUT2D eigenvalue weighted by atomic mass is 32.2. The van der Waals surface area contributed by atoms with Crippen LogP contribution in [0.3, 0.4) is 0 Å². The van der Waals surface area contributed by atoms with Crippen molar-refractivity contribution < 1.29 is 12.8 Å². The van der Waals surface area contributed by atoms with Gasteiger partial charge < -0.3 is 9.73 Å². The van der Waals surface area contributed by atoms with Crippen LogP contribution in [-0.4, -0.2) is 38.0 Å². The van der Waals surface area contributed by atoms with Crippen LogP contribution in [0.1, 0.15) is 25.1 Å². The van der Waals surface area contributed by atoms with Gasteiger partial charge in [-0.1, -0.05) is 6.92 Å². The first-order valence-electron chi connectivity index (χ1n) is 5.21. The molecule has 0 radical (unpaired) electrons. The van der Waals surface area contributed by atoms with E-state index in [1.807, 2.05) is 6.92 Å². The van der Waals surface area contributed by atoms with Gasteiger partial charge >= 0.3 is 0 Å². The molecule has 0 spiro atoms. The average molecular weight is 247 g/mol. The number of aryl methyl sites for hydroxylation is 1. The minimum Gasteiger partial charge on any atom is -0.424 e. The third-order valence-corrected chi connectivity index (χ3v) is 2.66. The predicted molar refractivity (Wildman–Crippen MR) is 59.7 cm³/mol. The number of sulfone groups is 1. The summed E-state index contributed by atoms with van der Waals surface area (Å²) in [5.41, 5.74) is 0. The number of nitrogens with one attached hydrogen (secondary N) is 1. The fraction of sp³-hybridized carbons (Fsp3) is 0.778. The van der Waals surface area contributed by atoms with E-state index < -0.39 is 9.84 Å². The SMILES string of the molecule is CCNCCCc1nnc(CS(C)(=O)=O)o1. The summed E-state index contributed by atoms with van der Waals surface area (Å²) < 4.78 is 27.2. The van der Waals surface area contributed by atoms with Gasteiger partial charge in [0.05, 0.1) is 0 Å². The third kappa shape index (κ3) is 5.22. The Hall–Kier alpha value is -0.950. The molecule has 7 heteroatoms. The summed E-state index contributed by atoms with van der Waals surface area (Å²) in [6.07, 6.45) is 2.71. The molecule has 1 rings (SSSR count). The molecule has 0 unspecified atom stereocenters. The lowest BCUT2D eigenvalue weighted by molar-refractivity contribution is 0.453. The van der Waals surface area contributed by atoms with Crippen LogP contribution < -0.4 is 5.32 Å². The molecule has 0 amide bonds. The Balaban J connectivity index is 2.40. The quantitative estimate of drug-likeness (QED) is 0.691. The molecule has 0 aliphatic rings. The molecule has 0 saturated carbocycles. The van der Waals surface area contributed by atoms with E-state index in [-0.39, 0.29) is 11.6 Å². The minimum atomic E-state index is -3.10. The van der Waals surface area contributed by atoms with Gasteiger partial charge in [0, 0.05) is 12.7 Å². The first kappa shape index (κ1) is 13.1. The number of aromatic nitrogens is 2. The fourth-order valence-corrected chi connectivity index (χ4v) is 1.78. The summed E-state index contributed by atoms with van der Waals surface area (Å²) >= 11 is 0. The van der Waals surface area contributed by atoms with Gasteiger partial charge in [-0.15, -0.1) is 10.2 Å². The molecular weight excluding hydrogens is 230 g/mol. The molecule has 92 valence electrons. The van der Waals surface area contributed by atoms with Crippen LogP contribution in [0.2, 0.25) is 0 Å². The Labute approximate surface area is 95.4 Å². The summed E-state index contributed by atoms with van der Waals surface area (Å²) in [4.78, 5) is 0. The van der Waals surface area contributed by atoms with Gasteiger partial charge in [-0.25, -0.2) is 8.42 Å². The summed E-state index contributed by atoms with van der Waals surface area (Å²) in [7, 11) is -3.10. The van der Waals surface area contributed by atoms with E-state index in [2.05, 4.69) is 15.5 Å². The highest BCUT2D eigenvalue weighted by Crippen LogP contribution is 2.05. The van der Waals surface area contributed by atoms with Gasteiger partial charge in [0.1, 0.15) is 5.75 Å². The lowest BCUT2D eigenvalue weighted by Gasteiger charge is -1.97. The van der Waals surface area contributed by atoms with E-state index in [1.165, 1.54) is 0 Å². The molecule has 0 aromatic carbocycles. The number of hydrogen-bond acceptors (Lipinski definition) is 6. The average Bonchev–Trinajstić information content (AvgIpc) is 2.58. The highest BCUT2D eigenvalue weighted by molar-refractivity contribution is 7.89. The van der Waals surface area contributed by atoms with Gasteiger partial charge in [-0.2, -0.15) is 0 Å². The van der Waals surface area contributed by atoms with Crippen LogP contribution >= 0.6 is 0 Å². The van der Waals surface area contributed by atoms with Gasteiger partial charge in [0.25, 0.3) is 0 Å². The van der Waals surface area contributed by atoms with Gasteiger partial charge in [-0.3, -0.25) is 0 Å². The zero-order valence-corrected chi connectivity index (χ0v) is 10.4. The molecule has 1 aromatic rings. The highest BCUT2D eigenvalue weighted by Gasteiger charge is 2.11. The third-order valence-electron chi connectivity index (χ3n) is 1.89. The van der Waals surface area contributed by atoms with Crippen LogP contribution in [0.5, 0.6) is 0 Å². The smallest absolute Gasteiger partial charge is 0.231 e. The summed E-state index contributed by atoms with van der Waals surface area (Å²) in [6, 6.07) is 0. The predicted octanol–water partition coefficient (Wildman–Crippen LogP) is 0.156. The van der Waals surface area contributed by atoms with E-state index >= 15 is 0 Å². The van der Waals surface area contributed by atoms with Crippen molar-refractivity contribution in [2.75, 3.05) is 19.3 Å². The number of rotatable bonds is 7. The van der Waals surface area contributed by atoms with Crippen molar-refractivity contribution in [2.24, 2.45) is 0 Å². The second kappa shape index (κ2) is 5.95. The van der Waals surface area contributed by atoms with Crippen LogP contribution in [0, 0.1) is 0 Å². The van der Waals surface area contributed by atoms with Crippen molar-refractivity contribution in [3.63, 3.8) is 0 Å². The lowest BCUT2D eigenvalue weighted by atomic mass is 10.3. The molecule has 6 nitrogen and oxygen atoms in total. The molecule has 0 aliphatic heterocycles. The maximum atomic E-state index is 11.0. The van der Waals surface area contributed by atoms with E-state index in [1.54, 1.807) is 0 Å². The Morgan fingerprint density at radius 3 is 2.62 bits per heavy atom. The first-order valence-corrected chi connectivity index (χ1v) is 7.27. The topological polar surface area (TPSA) is 85.1 Å². The Morgan fingerprint density at radius 1 is 1.31 bits per heavy atom. The molecule has 1 heterocycles. The zero-order chi connectivity index (χ0) is 12.0. The van der Waals surface area contributed by atoms with Gasteiger partial charge in [0.15, 0.2) is 9.84 Å². The summed E-state index contributed by atoms with van der Waals surface area (Å²) in [6.45, 7) is 3.86. The molecule has 0 atom stereocenters. The van der Waals surface area contributed by atoms with Crippen molar-refractivity contribution in [2.45, 2.75) is 25.5 Å². The zero-order valence-electron chi connectivity index (χ0n) is 9.56. The van der Waals surface area contributed by atoms with Crippen molar-refractivity contribution in [1.29, 1.82) is 0 Å². The maximum Gasteiger partial charge on any atom is 0.231 e. The van der Waals surface area contributed by atoms with Crippen molar-refractivity contribution in [3.8, 4) is 0 Å². The molecule has 1 N–H and O–H groups in total. The van der Waals surface area contributed by atoms with Crippen LogP contribution in [0.4, 0.5) is 0 Å². The molecule has 16 heavy (non-hydrogen) atoms. The second-order valence-corrected chi connectivity index (χ2v) is 5.76. The van der Waals surface area contributed by atoms with E-state index in [4.69, 9.17) is 4.42 Å². The van der Waals surface area contributed by atoms with Crippen LogP contribution in [0.25, 0.3) is 0 Å². The fourth-order valence-electron chi connectivity index (χ4n) is 1.21. The van der Waals surface area contributed by atoms with Crippen molar-refractivity contribution in [3.05, 3.63) is 11.8 Å². The van der Waals surface area contributed by atoms with E-state index in [9.17, 15) is 8.42 Å². The standard InChI is InChI=1S/C9H17N3O3S/c1-3-10-6-4-5-8-11-12-9(15-8)7-16(2,13)14/h10H,3-7H2,1-2H3. The summed E-state index contributed by atoms with van der Waals surface area (Å²) in [5.74, 6) is 0.477. The van der Waals surface area contributed by atoms with E-state index in [0.29, 0.717) is 12.3 Å². The largest absolute Gasteiger partial charge is 0.424 e. The normalized spacial score (nSPS) is 11.9. The lowest BCUT2D eigenvalue weighted by Crippen LogP contribution is -2.14. The van der Waals surface area contributed by atoms with Crippen LogP contribution in [0.15, 0.2) is 4.42 Å². The molecular formula is C9H17N3O3S. The van der Waals surface area contributed by atoms with Crippen molar-refractivity contribution >= 4 is 9.84 Å². The minimum absolute atomic E-state index is 0.168. The summed E-state index contributed by atoms with van der Waals surface area (Å²) in [5, 5.41) is 10.7. The molecule has 0 fully saturated rings. The molecule has 1 aromatic heterocycles. The Kier molecular flexibility index (Phi) is 4.88. The Bertz CT molecular complexity index is 413. The second-order valence-electron chi connectivity index (χ2n) is 3.62.